The molecule has 1 aromatic heterocycles. The standard InChI is InChI=1S/C18H20F3N3O3S/c1-13(11-15(22)8-10-24-17-7-2-3-9-23-17)14-5-4-6-16(12-14)27-28(25,26)18(19,20)21/h2-7,9,12-13,22H,8,10-11H2,1H3,(H,23,24). The highest BCUT2D eigenvalue weighted by molar-refractivity contribution is 7.88. The van der Waals surface area contributed by atoms with Crippen molar-refractivity contribution in [3.63, 3.8) is 0 Å². The molecule has 0 radical (unpaired) electrons. The molecule has 0 fully saturated rings. The molecule has 6 nitrogen and oxygen atoms in total. The van der Waals surface area contributed by atoms with E-state index in [1.807, 2.05) is 12.1 Å². The smallest absolute Gasteiger partial charge is 0.376 e. The number of anilines is 1. The maximum atomic E-state index is 12.4. The Morgan fingerprint density at radius 3 is 2.64 bits per heavy atom. The Kier molecular flexibility index (Phi) is 7.00. The Bertz CT molecular complexity index is 903. The second-order valence-electron chi connectivity index (χ2n) is 6.16. The van der Waals surface area contributed by atoms with Gasteiger partial charge in [0.25, 0.3) is 0 Å². The summed E-state index contributed by atoms with van der Waals surface area (Å²) in [5, 5.41) is 11.2. The highest BCUT2D eigenvalue weighted by Gasteiger charge is 2.48. The summed E-state index contributed by atoms with van der Waals surface area (Å²) in [6, 6.07) is 10.9. The Morgan fingerprint density at radius 2 is 2.00 bits per heavy atom. The molecular weight excluding hydrogens is 395 g/mol. The number of aromatic nitrogens is 1. The summed E-state index contributed by atoms with van der Waals surface area (Å²) in [5.41, 5.74) is -4.46. The van der Waals surface area contributed by atoms with Crippen molar-refractivity contribution < 1.29 is 25.8 Å². The maximum absolute atomic E-state index is 12.4. The molecule has 1 heterocycles. The van der Waals surface area contributed by atoms with Crippen LogP contribution in [0.1, 0.15) is 31.2 Å². The SMILES string of the molecule is CC(CC(=N)CCNc1ccccn1)c1cccc(OS(=O)(=O)C(F)(F)F)c1. The van der Waals surface area contributed by atoms with Gasteiger partial charge in [-0.3, -0.25) is 0 Å². The van der Waals surface area contributed by atoms with Crippen molar-refractivity contribution in [1.82, 2.24) is 4.98 Å². The molecule has 152 valence electrons. The lowest BCUT2D eigenvalue weighted by Gasteiger charge is -2.15. The molecule has 0 bridgehead atoms. The Labute approximate surface area is 161 Å². The van der Waals surface area contributed by atoms with E-state index in [1.165, 1.54) is 12.1 Å². The first kappa shape index (κ1) is 21.7. The minimum atomic E-state index is -5.71. The van der Waals surface area contributed by atoms with Gasteiger partial charge in [-0.1, -0.05) is 25.1 Å². The Hall–Kier alpha value is -2.62. The normalized spacial score (nSPS) is 13.0. The molecule has 28 heavy (non-hydrogen) atoms. The molecule has 0 amide bonds. The molecular formula is C18H20F3N3O3S. The molecule has 0 saturated carbocycles. The molecule has 0 aliphatic heterocycles. The van der Waals surface area contributed by atoms with Gasteiger partial charge in [0.05, 0.1) is 0 Å². The van der Waals surface area contributed by atoms with Gasteiger partial charge in [-0.25, -0.2) is 4.98 Å². The Balaban J connectivity index is 1.91. The van der Waals surface area contributed by atoms with Gasteiger partial charge in [0.1, 0.15) is 11.6 Å². The number of hydrogen-bond acceptors (Lipinski definition) is 6. The van der Waals surface area contributed by atoms with Gasteiger partial charge in [-0.2, -0.15) is 21.6 Å². The van der Waals surface area contributed by atoms with E-state index in [0.29, 0.717) is 36.5 Å². The van der Waals surface area contributed by atoms with E-state index in [9.17, 15) is 21.6 Å². The van der Waals surface area contributed by atoms with Crippen LogP contribution in [-0.4, -0.2) is 31.2 Å². The summed E-state index contributed by atoms with van der Waals surface area (Å²) < 4.78 is 63.7. The van der Waals surface area contributed by atoms with Crippen LogP contribution in [0.5, 0.6) is 5.75 Å². The van der Waals surface area contributed by atoms with Crippen molar-refractivity contribution in [3.8, 4) is 5.75 Å². The summed E-state index contributed by atoms with van der Waals surface area (Å²) in [4.78, 5) is 4.12. The lowest BCUT2D eigenvalue weighted by atomic mass is 9.94. The quantitative estimate of drug-likeness (QED) is 0.361. The van der Waals surface area contributed by atoms with Crippen LogP contribution in [0.15, 0.2) is 48.7 Å². The van der Waals surface area contributed by atoms with Crippen LogP contribution >= 0.6 is 0 Å². The zero-order valence-corrected chi connectivity index (χ0v) is 15.8. The third-order valence-electron chi connectivity index (χ3n) is 3.87. The van der Waals surface area contributed by atoms with E-state index in [2.05, 4.69) is 14.5 Å². The van der Waals surface area contributed by atoms with Gasteiger partial charge in [-0.15, -0.1) is 0 Å². The fourth-order valence-electron chi connectivity index (χ4n) is 2.45. The Morgan fingerprint density at radius 1 is 1.25 bits per heavy atom. The predicted molar refractivity (Wildman–Crippen MR) is 100 cm³/mol. The summed E-state index contributed by atoms with van der Waals surface area (Å²) in [7, 11) is -5.71. The van der Waals surface area contributed by atoms with Gasteiger partial charge < -0.3 is 14.9 Å². The van der Waals surface area contributed by atoms with Crippen molar-refractivity contribution >= 4 is 21.6 Å². The van der Waals surface area contributed by atoms with Gasteiger partial charge in [-0.05, 0) is 42.2 Å². The molecule has 1 aromatic carbocycles. The number of alkyl halides is 3. The number of rotatable bonds is 9. The largest absolute Gasteiger partial charge is 0.534 e. The van der Waals surface area contributed by atoms with Crippen LogP contribution < -0.4 is 9.50 Å². The zero-order chi connectivity index (χ0) is 20.8. The molecule has 0 saturated heterocycles. The van der Waals surface area contributed by atoms with E-state index in [1.54, 1.807) is 25.3 Å². The third-order valence-corrected chi connectivity index (χ3v) is 4.85. The predicted octanol–water partition coefficient (Wildman–Crippen LogP) is 4.33. The first-order valence-electron chi connectivity index (χ1n) is 8.40. The lowest BCUT2D eigenvalue weighted by Crippen LogP contribution is -2.28. The average Bonchev–Trinajstić information content (AvgIpc) is 2.61. The van der Waals surface area contributed by atoms with E-state index < -0.39 is 21.4 Å². The van der Waals surface area contributed by atoms with Crippen molar-refractivity contribution in [2.45, 2.75) is 31.2 Å². The lowest BCUT2D eigenvalue weighted by molar-refractivity contribution is -0.0500. The minimum absolute atomic E-state index is 0.195. The second kappa shape index (κ2) is 9.05. The van der Waals surface area contributed by atoms with E-state index >= 15 is 0 Å². The molecule has 0 aliphatic rings. The van der Waals surface area contributed by atoms with E-state index in [0.717, 1.165) is 6.07 Å². The zero-order valence-electron chi connectivity index (χ0n) is 15.0. The number of nitrogens with zero attached hydrogens (tertiary/aromatic N) is 1. The number of nitrogens with one attached hydrogen (secondary N) is 2. The number of hydrogen-bond donors (Lipinski definition) is 2. The van der Waals surface area contributed by atoms with Crippen LogP contribution in [0.2, 0.25) is 0 Å². The second-order valence-corrected chi connectivity index (χ2v) is 7.69. The summed E-state index contributed by atoms with van der Waals surface area (Å²) in [6.45, 7) is 2.33. The average molecular weight is 415 g/mol. The molecule has 10 heteroatoms. The van der Waals surface area contributed by atoms with Crippen molar-refractivity contribution in [1.29, 1.82) is 5.41 Å². The van der Waals surface area contributed by atoms with E-state index in [-0.39, 0.29) is 5.92 Å². The van der Waals surface area contributed by atoms with Crippen molar-refractivity contribution in [3.05, 3.63) is 54.2 Å². The molecule has 2 N–H and O–H groups in total. The fourth-order valence-corrected chi connectivity index (χ4v) is 2.90. The molecule has 1 atom stereocenters. The highest BCUT2D eigenvalue weighted by Crippen LogP contribution is 2.29. The first-order chi connectivity index (χ1) is 13.1. The minimum Gasteiger partial charge on any atom is -0.376 e. The van der Waals surface area contributed by atoms with Crippen LogP contribution in [0.4, 0.5) is 19.0 Å². The third kappa shape index (κ3) is 6.22. The summed E-state index contributed by atoms with van der Waals surface area (Å²) in [6.07, 6.45) is 2.50. The van der Waals surface area contributed by atoms with Gasteiger partial charge in [0.15, 0.2) is 0 Å². The maximum Gasteiger partial charge on any atom is 0.534 e. The van der Waals surface area contributed by atoms with Crippen LogP contribution in [0, 0.1) is 5.41 Å². The molecule has 0 aliphatic carbocycles. The highest BCUT2D eigenvalue weighted by atomic mass is 32.2. The van der Waals surface area contributed by atoms with Crippen LogP contribution in [0.25, 0.3) is 0 Å². The van der Waals surface area contributed by atoms with Crippen molar-refractivity contribution in [2.75, 3.05) is 11.9 Å². The first-order valence-corrected chi connectivity index (χ1v) is 9.81. The van der Waals surface area contributed by atoms with Crippen molar-refractivity contribution in [2.24, 2.45) is 0 Å². The molecule has 1 unspecified atom stereocenters. The van der Waals surface area contributed by atoms with Gasteiger partial charge in [0, 0.05) is 24.9 Å². The van der Waals surface area contributed by atoms with E-state index in [4.69, 9.17) is 5.41 Å². The topological polar surface area (TPSA) is 92.1 Å². The summed E-state index contributed by atoms with van der Waals surface area (Å²) in [5.74, 6) is 0.101. The fraction of sp³-hybridized carbons (Fsp3) is 0.333. The molecule has 2 aromatic rings. The molecule has 2 rings (SSSR count). The van der Waals surface area contributed by atoms with Gasteiger partial charge >= 0.3 is 15.6 Å². The number of pyridine rings is 1. The van der Waals surface area contributed by atoms with Crippen LogP contribution in [0.3, 0.4) is 0 Å². The van der Waals surface area contributed by atoms with Crippen LogP contribution in [-0.2, 0) is 10.1 Å². The van der Waals surface area contributed by atoms with Gasteiger partial charge in [0.2, 0.25) is 0 Å². The molecule has 0 spiro atoms. The number of halogens is 3. The monoisotopic (exact) mass is 415 g/mol. The summed E-state index contributed by atoms with van der Waals surface area (Å²) >= 11 is 0. The number of benzene rings is 1.